The molecule has 0 aliphatic heterocycles. The van der Waals surface area contributed by atoms with Crippen molar-refractivity contribution in [2.45, 2.75) is 374 Å². The molecular weight excluding hydrogens is 1170 g/mol. The molecule has 3 N–H and O–H groups in total. The summed E-state index contributed by atoms with van der Waals surface area (Å²) in [4.78, 5) is 72.4. The number of esters is 4. The van der Waals surface area contributed by atoms with Crippen LogP contribution in [-0.2, 0) is 65.4 Å². The van der Waals surface area contributed by atoms with Crippen LogP contribution < -0.4 is 0 Å². The Morgan fingerprint density at radius 2 is 0.517 bits per heavy atom. The van der Waals surface area contributed by atoms with Crippen LogP contribution >= 0.6 is 15.6 Å². The van der Waals surface area contributed by atoms with E-state index in [1.165, 1.54) is 173 Å². The number of carbonyl (C=O) groups is 4. The summed E-state index contributed by atoms with van der Waals surface area (Å²) in [6, 6.07) is 0. The van der Waals surface area contributed by atoms with Crippen LogP contribution in [0.1, 0.15) is 356 Å². The fraction of sp³-hybridized carbons (Fsp3) is 0.943. The number of phosphoric acid groups is 2. The lowest BCUT2D eigenvalue weighted by atomic mass is 10.0. The van der Waals surface area contributed by atoms with Gasteiger partial charge in [0.1, 0.15) is 19.3 Å². The lowest BCUT2D eigenvalue weighted by Crippen LogP contribution is -2.30. The van der Waals surface area contributed by atoms with Gasteiger partial charge < -0.3 is 33.8 Å². The molecule has 19 heteroatoms. The van der Waals surface area contributed by atoms with Crippen LogP contribution in [0.5, 0.6) is 0 Å². The summed E-state index contributed by atoms with van der Waals surface area (Å²) in [7, 11) is -9.89. The van der Waals surface area contributed by atoms with Gasteiger partial charge in [0, 0.05) is 25.7 Å². The van der Waals surface area contributed by atoms with Crippen molar-refractivity contribution >= 4 is 39.5 Å². The van der Waals surface area contributed by atoms with E-state index < -0.39 is 97.5 Å². The van der Waals surface area contributed by atoms with Crippen molar-refractivity contribution < 1.29 is 80.2 Å². The lowest BCUT2D eigenvalue weighted by Gasteiger charge is -2.21. The summed E-state index contributed by atoms with van der Waals surface area (Å²) in [5.74, 6) is -0.736. The molecular formula is C70H136O17P2. The lowest BCUT2D eigenvalue weighted by molar-refractivity contribution is -0.161. The van der Waals surface area contributed by atoms with Crippen molar-refractivity contribution in [1.29, 1.82) is 0 Å². The molecule has 0 aromatic rings. The summed E-state index contributed by atoms with van der Waals surface area (Å²) >= 11 is 0. The van der Waals surface area contributed by atoms with Gasteiger partial charge in [-0.15, -0.1) is 0 Å². The number of hydrogen-bond donors (Lipinski definition) is 3. The molecule has 0 saturated heterocycles. The third-order valence-electron chi connectivity index (χ3n) is 16.2. The Balaban J connectivity index is 5.16. The Hall–Kier alpha value is -1.94. The molecule has 0 fully saturated rings. The number of carbonyl (C=O) groups excluding carboxylic acids is 4. The Kier molecular flexibility index (Phi) is 60.8. The SMILES string of the molecule is CCCCCCCCCCCCCCCCCCCCCCC(=O)O[C@H](COC(=O)CCCCCCCCCCC(C)C)COP(=O)(O)OC[C@@H](O)COP(=O)(O)OC[C@@H](COC(=O)CCCCCCCCCCC)OC(=O)CCCCCCCCC(C)C. The van der Waals surface area contributed by atoms with E-state index in [9.17, 15) is 43.2 Å². The normalized spacial score (nSPS) is 14.1. The van der Waals surface area contributed by atoms with Crippen molar-refractivity contribution in [3.63, 3.8) is 0 Å². The van der Waals surface area contributed by atoms with E-state index in [4.69, 9.17) is 37.0 Å². The fourth-order valence-electron chi connectivity index (χ4n) is 10.6. The van der Waals surface area contributed by atoms with E-state index in [-0.39, 0.29) is 25.7 Å². The molecule has 0 heterocycles. The monoisotopic (exact) mass is 1310 g/mol. The van der Waals surface area contributed by atoms with Gasteiger partial charge in [-0.05, 0) is 37.5 Å². The zero-order chi connectivity index (χ0) is 65.7. The standard InChI is InChI=1S/C70H136O17P2/c1-7-9-11-13-15-17-18-19-20-21-22-23-24-25-26-27-29-35-42-48-54-69(74)86-65(58-81-68(73)53-47-41-34-31-30-32-38-44-50-62(3)4)60-84-88(76,77)82-56-64(71)57-83-89(78,79)85-61-66(87-70(75)55-49-43-37-36-39-45-51-63(5)6)59-80-67(72)52-46-40-33-28-16-14-12-10-8-2/h62-66,71H,7-61H2,1-6H3,(H,76,77)(H,78,79)/t64-,65-,66-/m1/s1. The van der Waals surface area contributed by atoms with Crippen molar-refractivity contribution in [2.24, 2.45) is 11.8 Å². The molecule has 5 atom stereocenters. The Morgan fingerprint density at radius 3 is 0.764 bits per heavy atom. The van der Waals surface area contributed by atoms with Crippen molar-refractivity contribution in [1.82, 2.24) is 0 Å². The van der Waals surface area contributed by atoms with Gasteiger partial charge in [-0.1, -0.05) is 305 Å². The highest BCUT2D eigenvalue weighted by Gasteiger charge is 2.30. The van der Waals surface area contributed by atoms with Crippen molar-refractivity contribution in [3.05, 3.63) is 0 Å². The molecule has 528 valence electrons. The predicted molar refractivity (Wildman–Crippen MR) is 358 cm³/mol. The van der Waals surface area contributed by atoms with Gasteiger partial charge in [0.15, 0.2) is 12.2 Å². The Bertz CT molecular complexity index is 1730. The van der Waals surface area contributed by atoms with Crippen molar-refractivity contribution in [3.8, 4) is 0 Å². The molecule has 17 nitrogen and oxygen atoms in total. The summed E-state index contributed by atoms with van der Waals surface area (Å²) in [6.45, 7) is 9.40. The van der Waals surface area contributed by atoms with Gasteiger partial charge in [-0.25, -0.2) is 9.13 Å². The van der Waals surface area contributed by atoms with Crippen LogP contribution in [0.2, 0.25) is 0 Å². The maximum Gasteiger partial charge on any atom is 0.472 e. The van der Waals surface area contributed by atoms with Gasteiger partial charge in [0.05, 0.1) is 26.4 Å². The maximum absolute atomic E-state index is 13.0. The van der Waals surface area contributed by atoms with Crippen molar-refractivity contribution in [2.75, 3.05) is 39.6 Å². The number of ether oxygens (including phenoxy) is 4. The van der Waals surface area contributed by atoms with Gasteiger partial charge >= 0.3 is 39.5 Å². The second kappa shape index (κ2) is 62.2. The first-order valence-corrected chi connectivity index (χ1v) is 39.5. The van der Waals surface area contributed by atoms with Gasteiger partial charge in [-0.3, -0.25) is 37.3 Å². The molecule has 0 aromatic heterocycles. The van der Waals surface area contributed by atoms with Crippen LogP contribution in [0.3, 0.4) is 0 Å². The summed E-state index contributed by atoms with van der Waals surface area (Å²) in [5, 5.41) is 10.6. The summed E-state index contributed by atoms with van der Waals surface area (Å²) in [5.41, 5.74) is 0. The number of unbranched alkanes of at least 4 members (excludes halogenated alkanes) is 39. The highest BCUT2D eigenvalue weighted by atomic mass is 31.2. The maximum atomic E-state index is 13.0. The second-order valence-corrected chi connectivity index (χ2v) is 29.1. The number of rotatable bonds is 69. The van der Waals surface area contributed by atoms with Crippen LogP contribution in [-0.4, -0.2) is 96.7 Å². The quantitative estimate of drug-likeness (QED) is 0.0222. The van der Waals surface area contributed by atoms with E-state index in [2.05, 4.69) is 41.5 Å². The first kappa shape index (κ1) is 87.1. The van der Waals surface area contributed by atoms with E-state index >= 15 is 0 Å². The Morgan fingerprint density at radius 1 is 0.303 bits per heavy atom. The van der Waals surface area contributed by atoms with E-state index in [0.717, 1.165) is 95.8 Å². The zero-order valence-electron chi connectivity index (χ0n) is 57.7. The smallest absolute Gasteiger partial charge is 0.462 e. The average molecular weight is 1310 g/mol. The van der Waals surface area contributed by atoms with E-state index in [0.29, 0.717) is 31.6 Å². The molecule has 0 rings (SSSR count). The molecule has 0 aliphatic carbocycles. The average Bonchev–Trinajstić information content (AvgIpc) is 3.63. The molecule has 0 spiro atoms. The number of phosphoric ester groups is 2. The highest BCUT2D eigenvalue weighted by molar-refractivity contribution is 7.47. The fourth-order valence-corrected chi connectivity index (χ4v) is 12.2. The van der Waals surface area contributed by atoms with Gasteiger partial charge in [-0.2, -0.15) is 0 Å². The number of aliphatic hydroxyl groups excluding tert-OH is 1. The topological polar surface area (TPSA) is 237 Å². The first-order chi connectivity index (χ1) is 42.9. The molecule has 0 bridgehead atoms. The third kappa shape index (κ3) is 64.6. The van der Waals surface area contributed by atoms with Gasteiger partial charge in [0.25, 0.3) is 0 Å². The minimum Gasteiger partial charge on any atom is -0.462 e. The van der Waals surface area contributed by atoms with E-state index in [1.807, 2.05) is 0 Å². The van der Waals surface area contributed by atoms with E-state index in [1.54, 1.807) is 0 Å². The van der Waals surface area contributed by atoms with Gasteiger partial charge in [0.2, 0.25) is 0 Å². The predicted octanol–water partition coefficient (Wildman–Crippen LogP) is 20.0. The molecule has 0 amide bonds. The van der Waals surface area contributed by atoms with Crippen LogP contribution in [0, 0.1) is 11.8 Å². The number of aliphatic hydroxyl groups is 1. The molecule has 0 saturated carbocycles. The first-order valence-electron chi connectivity index (χ1n) is 36.5. The molecule has 0 aromatic carbocycles. The van der Waals surface area contributed by atoms with Crippen LogP contribution in [0.15, 0.2) is 0 Å². The zero-order valence-corrected chi connectivity index (χ0v) is 59.5. The Labute approximate surface area is 543 Å². The minimum absolute atomic E-state index is 0.102. The molecule has 2 unspecified atom stereocenters. The summed E-state index contributed by atoms with van der Waals surface area (Å²) in [6.07, 6.45) is 47.6. The third-order valence-corrected chi connectivity index (χ3v) is 18.1. The number of hydrogen-bond acceptors (Lipinski definition) is 15. The van der Waals surface area contributed by atoms with Crippen LogP contribution in [0.25, 0.3) is 0 Å². The molecule has 0 radical (unpaired) electrons. The summed E-state index contributed by atoms with van der Waals surface area (Å²) < 4.78 is 68.1. The minimum atomic E-state index is -4.95. The largest absolute Gasteiger partial charge is 0.472 e. The molecule has 0 aliphatic rings. The molecule has 89 heavy (non-hydrogen) atoms. The second-order valence-electron chi connectivity index (χ2n) is 26.2. The van der Waals surface area contributed by atoms with Crippen LogP contribution in [0.4, 0.5) is 0 Å². The highest BCUT2D eigenvalue weighted by Crippen LogP contribution is 2.45.